The number of piperidine rings is 1. The number of hydrogen-bond acceptors (Lipinski definition) is 4. The average molecular weight is 473 g/mol. The van der Waals surface area contributed by atoms with Crippen molar-refractivity contribution in [2.24, 2.45) is 0 Å². The maximum atomic E-state index is 11.2. The predicted molar refractivity (Wildman–Crippen MR) is 138 cm³/mol. The van der Waals surface area contributed by atoms with Crippen LogP contribution in [0.1, 0.15) is 47.2 Å². The van der Waals surface area contributed by atoms with Crippen LogP contribution < -0.4 is 4.74 Å². The fraction of sp³-hybridized carbons (Fsp3) is 0.276. The van der Waals surface area contributed by atoms with Gasteiger partial charge in [0, 0.05) is 42.0 Å². The van der Waals surface area contributed by atoms with Gasteiger partial charge in [-0.15, -0.1) is 0 Å². The van der Waals surface area contributed by atoms with Crippen LogP contribution in [0.5, 0.6) is 5.75 Å². The van der Waals surface area contributed by atoms with Gasteiger partial charge in [-0.25, -0.2) is 0 Å². The number of ether oxygens (including phenoxy) is 1. The number of fused-ring (bicyclic) bond motifs is 2. The van der Waals surface area contributed by atoms with E-state index in [0.717, 1.165) is 72.6 Å². The van der Waals surface area contributed by atoms with Crippen molar-refractivity contribution in [2.45, 2.75) is 31.5 Å². The molecule has 34 heavy (non-hydrogen) atoms. The molecule has 5 heteroatoms. The lowest BCUT2D eigenvalue weighted by molar-refractivity contribution is -0.0254. The fourth-order valence-electron chi connectivity index (χ4n) is 4.90. The number of halogens is 1. The Kier molecular flexibility index (Phi) is 6.55. The van der Waals surface area contributed by atoms with Crippen LogP contribution in [0.15, 0.2) is 73.4 Å². The average Bonchev–Trinajstić information content (AvgIpc) is 3.02. The normalized spacial score (nSPS) is 18.5. The first-order chi connectivity index (χ1) is 16.6. The van der Waals surface area contributed by atoms with Crippen LogP contribution in [-0.2, 0) is 12.2 Å². The van der Waals surface area contributed by atoms with Crippen molar-refractivity contribution < 1.29 is 9.84 Å². The monoisotopic (exact) mass is 472 g/mol. The Morgan fingerprint density at radius 3 is 2.65 bits per heavy atom. The highest BCUT2D eigenvalue weighted by Gasteiger charge is 2.33. The van der Waals surface area contributed by atoms with Crippen LogP contribution in [0.2, 0.25) is 5.02 Å². The van der Waals surface area contributed by atoms with Crippen LogP contribution in [0.4, 0.5) is 0 Å². The molecule has 4 nitrogen and oxygen atoms in total. The maximum Gasteiger partial charge on any atom is 0.131 e. The third kappa shape index (κ3) is 4.67. The minimum absolute atomic E-state index is 0.455. The van der Waals surface area contributed by atoms with Crippen LogP contribution >= 0.6 is 11.6 Å². The smallest absolute Gasteiger partial charge is 0.131 e. The molecule has 0 aliphatic carbocycles. The third-order valence-electron chi connectivity index (χ3n) is 6.93. The minimum Gasteiger partial charge on any atom is -0.487 e. The van der Waals surface area contributed by atoms with Crippen LogP contribution in [0, 0.1) is 0 Å². The quantitative estimate of drug-likeness (QED) is 0.489. The highest BCUT2D eigenvalue weighted by atomic mass is 35.5. The number of rotatable bonds is 5. The number of likely N-dealkylation sites (tertiary alicyclic amines) is 1. The molecule has 1 saturated heterocycles. The molecule has 0 spiro atoms. The van der Waals surface area contributed by atoms with Gasteiger partial charge in [0.15, 0.2) is 0 Å². The number of nitrogens with zero attached hydrogens (tertiary/aromatic N) is 2. The summed E-state index contributed by atoms with van der Waals surface area (Å²) in [6.07, 6.45) is 8.32. The summed E-state index contributed by atoms with van der Waals surface area (Å²) in [6, 6.07) is 17.9. The lowest BCUT2D eigenvalue weighted by Crippen LogP contribution is -2.42. The van der Waals surface area contributed by atoms with Crippen LogP contribution in [0.3, 0.4) is 0 Å². The fourth-order valence-corrected chi connectivity index (χ4v) is 5.03. The number of hydrogen-bond donors (Lipinski definition) is 1. The van der Waals surface area contributed by atoms with Crippen molar-refractivity contribution in [1.82, 2.24) is 9.88 Å². The van der Waals surface area contributed by atoms with E-state index in [-0.39, 0.29) is 0 Å². The lowest BCUT2D eigenvalue weighted by atomic mass is 9.84. The second-order valence-electron chi connectivity index (χ2n) is 9.03. The molecule has 1 N–H and O–H groups in total. The van der Waals surface area contributed by atoms with E-state index in [4.69, 9.17) is 16.3 Å². The first kappa shape index (κ1) is 22.9. The number of pyridine rings is 1. The minimum atomic E-state index is -0.773. The topological polar surface area (TPSA) is 45.6 Å². The Morgan fingerprint density at radius 2 is 1.88 bits per heavy atom. The molecule has 2 aromatic carbocycles. The maximum absolute atomic E-state index is 11.2. The van der Waals surface area contributed by atoms with Crippen molar-refractivity contribution in [2.75, 3.05) is 19.6 Å². The van der Waals surface area contributed by atoms with E-state index >= 15 is 0 Å². The van der Waals surface area contributed by atoms with Gasteiger partial charge in [0.2, 0.25) is 0 Å². The summed E-state index contributed by atoms with van der Waals surface area (Å²) in [6.45, 7) is 7.01. The van der Waals surface area contributed by atoms with Crippen LogP contribution in [-0.4, -0.2) is 34.6 Å². The van der Waals surface area contributed by atoms with Crippen molar-refractivity contribution in [3.05, 3.63) is 106 Å². The molecule has 0 unspecified atom stereocenters. The Morgan fingerprint density at radius 1 is 1.09 bits per heavy atom. The third-order valence-corrected chi connectivity index (χ3v) is 7.19. The molecular weight excluding hydrogens is 444 g/mol. The summed E-state index contributed by atoms with van der Waals surface area (Å²) in [5, 5.41) is 11.9. The molecule has 0 bridgehead atoms. The van der Waals surface area contributed by atoms with Gasteiger partial charge in [0.25, 0.3) is 0 Å². The summed E-state index contributed by atoms with van der Waals surface area (Å²) in [5.74, 6) is 0.868. The summed E-state index contributed by atoms with van der Waals surface area (Å²) in [4.78, 5) is 7.00. The first-order valence-electron chi connectivity index (χ1n) is 11.8. The molecule has 174 valence electrons. The Bertz CT molecular complexity index is 1210. The van der Waals surface area contributed by atoms with Crippen molar-refractivity contribution in [3.8, 4) is 5.75 Å². The van der Waals surface area contributed by atoms with Crippen molar-refractivity contribution in [3.63, 3.8) is 0 Å². The molecule has 2 aliphatic rings. The van der Waals surface area contributed by atoms with Gasteiger partial charge in [-0.3, -0.25) is 4.98 Å². The van der Waals surface area contributed by atoms with Crippen molar-refractivity contribution >= 4 is 23.3 Å². The van der Waals surface area contributed by atoms with Gasteiger partial charge in [-0.2, -0.15) is 0 Å². The molecule has 0 radical (unpaired) electrons. The Hall–Kier alpha value is -2.92. The SMILES string of the molecule is C=Cc1ccc2c(c1)OCc1ncccc1/C2=C\CCN1CCC(O)(c2ccc(Cl)cc2)CC1. The van der Waals surface area contributed by atoms with Gasteiger partial charge < -0.3 is 14.7 Å². The van der Waals surface area contributed by atoms with Gasteiger partial charge in [0.1, 0.15) is 12.4 Å². The van der Waals surface area contributed by atoms with Crippen molar-refractivity contribution in [1.29, 1.82) is 0 Å². The summed E-state index contributed by atoms with van der Waals surface area (Å²) >= 11 is 6.02. The van der Waals surface area contributed by atoms with E-state index in [1.807, 2.05) is 48.7 Å². The summed E-state index contributed by atoms with van der Waals surface area (Å²) in [7, 11) is 0. The van der Waals surface area contributed by atoms with E-state index in [1.165, 1.54) is 5.57 Å². The molecule has 0 atom stereocenters. The largest absolute Gasteiger partial charge is 0.487 e. The Labute approximate surface area is 206 Å². The lowest BCUT2D eigenvalue weighted by Gasteiger charge is -2.38. The molecule has 5 rings (SSSR count). The second-order valence-corrected chi connectivity index (χ2v) is 9.47. The molecule has 3 aromatic rings. The van der Waals surface area contributed by atoms with Gasteiger partial charge in [0.05, 0.1) is 11.3 Å². The molecular formula is C29H29ClN2O2. The molecule has 3 heterocycles. The highest BCUT2D eigenvalue weighted by molar-refractivity contribution is 6.30. The van der Waals surface area contributed by atoms with Gasteiger partial charge >= 0.3 is 0 Å². The number of benzene rings is 2. The molecule has 1 fully saturated rings. The Balaban J connectivity index is 1.31. The zero-order valence-electron chi connectivity index (χ0n) is 19.2. The second kappa shape index (κ2) is 9.75. The molecule has 1 aromatic heterocycles. The van der Waals surface area contributed by atoms with E-state index in [2.05, 4.69) is 40.7 Å². The van der Waals surface area contributed by atoms with Gasteiger partial charge in [-0.1, -0.05) is 60.7 Å². The summed E-state index contributed by atoms with van der Waals surface area (Å²) < 4.78 is 6.12. The van der Waals surface area contributed by atoms with E-state index in [1.54, 1.807) is 0 Å². The van der Waals surface area contributed by atoms with E-state index in [9.17, 15) is 5.11 Å². The number of aliphatic hydroxyl groups is 1. The molecule has 2 aliphatic heterocycles. The first-order valence-corrected chi connectivity index (χ1v) is 12.2. The summed E-state index contributed by atoms with van der Waals surface area (Å²) in [5.41, 5.74) is 5.56. The number of aromatic nitrogens is 1. The van der Waals surface area contributed by atoms with E-state index in [0.29, 0.717) is 11.6 Å². The molecule has 0 amide bonds. The zero-order valence-corrected chi connectivity index (χ0v) is 20.0. The predicted octanol–water partition coefficient (Wildman–Crippen LogP) is 6.08. The van der Waals surface area contributed by atoms with E-state index < -0.39 is 5.60 Å². The standard InChI is InChI=1S/C29H29ClN2O2/c1-2-21-7-12-26-24(25-5-3-15-31-27(25)20-34-28(26)19-21)6-4-16-32-17-13-29(33,14-18-32)22-8-10-23(30)11-9-22/h2-3,5-12,15,19,33H,1,4,13-14,16-18,20H2/b24-6+. The van der Waals surface area contributed by atoms with Gasteiger partial charge in [-0.05, 0) is 60.2 Å². The van der Waals surface area contributed by atoms with Crippen LogP contribution in [0.25, 0.3) is 11.6 Å². The molecule has 0 saturated carbocycles. The highest BCUT2D eigenvalue weighted by Crippen LogP contribution is 2.37. The zero-order chi connectivity index (χ0) is 23.5.